The number of piperidine rings is 1. The highest BCUT2D eigenvalue weighted by atomic mass is 15.2. The van der Waals surface area contributed by atoms with Gasteiger partial charge in [-0.05, 0) is 75.3 Å². The Balaban J connectivity index is 1.99. The summed E-state index contributed by atoms with van der Waals surface area (Å²) < 4.78 is 0. The number of likely N-dealkylation sites (tertiary alicyclic amines) is 1. The number of hydrogen-bond acceptors (Lipinski definition) is 2. The molecule has 1 heterocycles. The predicted molar refractivity (Wildman–Crippen MR) is 80.3 cm³/mol. The lowest BCUT2D eigenvalue weighted by Crippen LogP contribution is -2.47. The average molecular weight is 258 g/mol. The van der Waals surface area contributed by atoms with Gasteiger partial charge in [0.05, 0.1) is 6.04 Å². The van der Waals surface area contributed by atoms with Gasteiger partial charge in [0.25, 0.3) is 0 Å². The van der Waals surface area contributed by atoms with Crippen molar-refractivity contribution in [1.82, 2.24) is 4.90 Å². The van der Waals surface area contributed by atoms with Gasteiger partial charge in [-0.15, -0.1) is 0 Å². The fourth-order valence-corrected chi connectivity index (χ4v) is 3.58. The maximum Gasteiger partial charge on any atom is 0.0504 e. The van der Waals surface area contributed by atoms with Gasteiger partial charge < -0.3 is 5.73 Å². The fourth-order valence-electron chi connectivity index (χ4n) is 3.58. The van der Waals surface area contributed by atoms with Crippen LogP contribution in [0.15, 0.2) is 12.1 Å². The minimum Gasteiger partial charge on any atom is -0.326 e. The smallest absolute Gasteiger partial charge is 0.0504 e. The van der Waals surface area contributed by atoms with Gasteiger partial charge in [-0.1, -0.05) is 12.1 Å². The van der Waals surface area contributed by atoms with Crippen molar-refractivity contribution >= 4 is 0 Å². The standard InChI is InChI=1S/C17H26N2/c1-11-9-13(3)15(10-12(11)2)17-16(18)5-4-8-19(17)14-6-7-14/h9-10,14,16-17H,4-8,18H2,1-3H3. The third-order valence-electron chi connectivity index (χ3n) is 4.93. The first-order valence-electron chi connectivity index (χ1n) is 7.67. The van der Waals surface area contributed by atoms with E-state index in [9.17, 15) is 0 Å². The normalized spacial score (nSPS) is 28.6. The summed E-state index contributed by atoms with van der Waals surface area (Å²) >= 11 is 0. The molecule has 1 aliphatic heterocycles. The molecule has 2 heteroatoms. The molecule has 2 atom stereocenters. The lowest BCUT2D eigenvalue weighted by atomic mass is 9.86. The van der Waals surface area contributed by atoms with E-state index in [1.54, 1.807) is 0 Å². The molecule has 0 amide bonds. The Kier molecular flexibility index (Phi) is 3.40. The Labute approximate surface area is 117 Å². The molecule has 1 aromatic carbocycles. The van der Waals surface area contributed by atoms with Crippen LogP contribution < -0.4 is 5.73 Å². The van der Waals surface area contributed by atoms with Crippen LogP contribution in [-0.4, -0.2) is 23.5 Å². The summed E-state index contributed by atoms with van der Waals surface area (Å²) in [6.07, 6.45) is 5.17. The van der Waals surface area contributed by atoms with E-state index >= 15 is 0 Å². The number of rotatable bonds is 2. The van der Waals surface area contributed by atoms with E-state index < -0.39 is 0 Å². The zero-order valence-electron chi connectivity index (χ0n) is 12.4. The topological polar surface area (TPSA) is 29.3 Å². The van der Waals surface area contributed by atoms with Gasteiger partial charge in [-0.2, -0.15) is 0 Å². The summed E-state index contributed by atoms with van der Waals surface area (Å²) in [5.41, 5.74) is 12.2. The Morgan fingerprint density at radius 1 is 1.00 bits per heavy atom. The summed E-state index contributed by atoms with van der Waals surface area (Å²) in [7, 11) is 0. The van der Waals surface area contributed by atoms with E-state index in [1.807, 2.05) is 0 Å². The molecule has 1 aromatic rings. The van der Waals surface area contributed by atoms with Gasteiger partial charge in [0, 0.05) is 12.1 Å². The van der Waals surface area contributed by atoms with Crippen LogP contribution in [0.3, 0.4) is 0 Å². The monoisotopic (exact) mass is 258 g/mol. The molecule has 2 aliphatic rings. The van der Waals surface area contributed by atoms with Crippen LogP contribution >= 0.6 is 0 Å². The Morgan fingerprint density at radius 2 is 1.68 bits per heavy atom. The van der Waals surface area contributed by atoms with E-state index in [1.165, 1.54) is 54.5 Å². The number of aryl methyl sites for hydroxylation is 3. The zero-order chi connectivity index (χ0) is 13.6. The third kappa shape index (κ3) is 2.44. The molecule has 1 aliphatic carbocycles. The van der Waals surface area contributed by atoms with Crippen molar-refractivity contribution in [3.8, 4) is 0 Å². The van der Waals surface area contributed by atoms with Crippen LogP contribution in [0.25, 0.3) is 0 Å². The van der Waals surface area contributed by atoms with Gasteiger partial charge in [0.1, 0.15) is 0 Å². The van der Waals surface area contributed by atoms with Crippen molar-refractivity contribution in [1.29, 1.82) is 0 Å². The van der Waals surface area contributed by atoms with Crippen LogP contribution in [0.5, 0.6) is 0 Å². The molecule has 2 nitrogen and oxygen atoms in total. The maximum atomic E-state index is 6.48. The molecule has 0 bridgehead atoms. The van der Waals surface area contributed by atoms with Crippen molar-refractivity contribution in [3.05, 3.63) is 34.4 Å². The van der Waals surface area contributed by atoms with Gasteiger partial charge in [-0.25, -0.2) is 0 Å². The Hall–Kier alpha value is -0.860. The lowest BCUT2D eigenvalue weighted by molar-refractivity contribution is 0.119. The van der Waals surface area contributed by atoms with Crippen molar-refractivity contribution in [2.24, 2.45) is 5.73 Å². The first-order chi connectivity index (χ1) is 9.08. The molecule has 1 saturated heterocycles. The van der Waals surface area contributed by atoms with E-state index in [4.69, 9.17) is 5.73 Å². The molecule has 0 spiro atoms. The summed E-state index contributed by atoms with van der Waals surface area (Å²) in [5.74, 6) is 0. The average Bonchev–Trinajstić information content (AvgIpc) is 3.18. The highest BCUT2D eigenvalue weighted by Gasteiger charge is 2.39. The SMILES string of the molecule is Cc1cc(C)c(C2C(N)CCCN2C2CC2)cc1C. The van der Waals surface area contributed by atoms with Crippen LogP contribution in [0, 0.1) is 20.8 Å². The van der Waals surface area contributed by atoms with Crippen LogP contribution in [0.1, 0.15) is 54.0 Å². The Bertz CT molecular complexity index is 476. The molecule has 0 aromatic heterocycles. The molecule has 2 N–H and O–H groups in total. The molecule has 3 rings (SSSR count). The van der Waals surface area contributed by atoms with E-state index in [2.05, 4.69) is 37.8 Å². The molecule has 0 radical (unpaired) electrons. The van der Waals surface area contributed by atoms with Crippen LogP contribution in [0.2, 0.25) is 0 Å². The van der Waals surface area contributed by atoms with E-state index in [0.717, 1.165) is 6.04 Å². The van der Waals surface area contributed by atoms with Gasteiger partial charge >= 0.3 is 0 Å². The van der Waals surface area contributed by atoms with E-state index in [-0.39, 0.29) is 0 Å². The first-order valence-corrected chi connectivity index (χ1v) is 7.67. The number of nitrogens with zero attached hydrogens (tertiary/aromatic N) is 1. The van der Waals surface area contributed by atoms with Gasteiger partial charge in [0.15, 0.2) is 0 Å². The lowest BCUT2D eigenvalue weighted by Gasteiger charge is -2.41. The molecule has 2 unspecified atom stereocenters. The van der Waals surface area contributed by atoms with Gasteiger partial charge in [-0.3, -0.25) is 4.90 Å². The second-order valence-corrected chi connectivity index (χ2v) is 6.51. The van der Waals surface area contributed by atoms with Crippen LogP contribution in [0.4, 0.5) is 0 Å². The van der Waals surface area contributed by atoms with Crippen molar-refractivity contribution in [3.63, 3.8) is 0 Å². The van der Waals surface area contributed by atoms with Crippen molar-refractivity contribution in [2.75, 3.05) is 6.54 Å². The molecule has 19 heavy (non-hydrogen) atoms. The van der Waals surface area contributed by atoms with Crippen LogP contribution in [-0.2, 0) is 0 Å². The number of benzene rings is 1. The highest BCUT2D eigenvalue weighted by Crippen LogP contribution is 2.40. The summed E-state index contributed by atoms with van der Waals surface area (Å²) in [6.45, 7) is 7.89. The summed E-state index contributed by atoms with van der Waals surface area (Å²) in [4.78, 5) is 2.69. The molecular weight excluding hydrogens is 232 g/mol. The first kappa shape index (κ1) is 13.1. The molecular formula is C17H26N2. The minimum absolute atomic E-state index is 0.301. The maximum absolute atomic E-state index is 6.48. The molecule has 2 fully saturated rings. The number of hydrogen-bond donors (Lipinski definition) is 1. The van der Waals surface area contributed by atoms with E-state index in [0.29, 0.717) is 12.1 Å². The second-order valence-electron chi connectivity index (χ2n) is 6.51. The van der Waals surface area contributed by atoms with Crippen molar-refractivity contribution in [2.45, 2.75) is 64.6 Å². The third-order valence-corrected chi connectivity index (χ3v) is 4.93. The molecule has 104 valence electrons. The predicted octanol–water partition coefficient (Wildman–Crippen LogP) is 3.24. The largest absolute Gasteiger partial charge is 0.326 e. The van der Waals surface area contributed by atoms with Gasteiger partial charge in [0.2, 0.25) is 0 Å². The minimum atomic E-state index is 0.301. The second kappa shape index (κ2) is 4.92. The number of nitrogens with two attached hydrogens (primary N) is 1. The summed E-state index contributed by atoms with van der Waals surface area (Å²) in [5, 5.41) is 0. The summed E-state index contributed by atoms with van der Waals surface area (Å²) in [6, 6.07) is 6.26. The molecule has 1 saturated carbocycles. The highest BCUT2D eigenvalue weighted by molar-refractivity contribution is 5.39. The Morgan fingerprint density at radius 3 is 2.37 bits per heavy atom. The fraction of sp³-hybridized carbons (Fsp3) is 0.647. The quantitative estimate of drug-likeness (QED) is 0.882. The zero-order valence-corrected chi connectivity index (χ0v) is 12.4. The van der Waals surface area contributed by atoms with Crippen molar-refractivity contribution < 1.29 is 0 Å².